The molecule has 67 heavy (non-hydrogen) atoms. The third kappa shape index (κ3) is 17.1. The number of benzene rings is 3. The van der Waals surface area contributed by atoms with E-state index in [1.807, 2.05) is 13.8 Å². The Labute approximate surface area is 387 Å². The molecule has 0 fully saturated rings. The first-order chi connectivity index (χ1) is 31.4. The second kappa shape index (κ2) is 23.1. The molecule has 0 spiro atoms. The maximum Gasteiger partial charge on any atom is 0.408 e. The highest BCUT2D eigenvalue weighted by molar-refractivity contribution is 5.95. The van der Waals surface area contributed by atoms with Gasteiger partial charge in [-0.05, 0) is 88.8 Å². The van der Waals surface area contributed by atoms with Gasteiger partial charge in [0.2, 0.25) is 35.1 Å². The number of ether oxygens (including phenoxy) is 5. The molecule has 2 heterocycles. The van der Waals surface area contributed by atoms with Gasteiger partial charge >= 0.3 is 23.8 Å². The van der Waals surface area contributed by atoms with E-state index in [0.717, 1.165) is 6.07 Å². The number of carbonyl (C=O) groups excluding carboxylic acids is 7. The first-order valence-corrected chi connectivity index (χ1v) is 21.4. The molecule has 0 saturated carbocycles. The van der Waals surface area contributed by atoms with Crippen LogP contribution in [0, 0.1) is 16.0 Å². The van der Waals surface area contributed by atoms with Gasteiger partial charge in [0.05, 0.1) is 12.0 Å². The van der Waals surface area contributed by atoms with E-state index in [9.17, 15) is 43.7 Å². The topological polar surface area (TPSA) is 281 Å². The van der Waals surface area contributed by atoms with Crippen LogP contribution in [0.3, 0.4) is 0 Å². The number of nitrogens with zero attached hydrogens (tertiary/aromatic N) is 1. The van der Waals surface area contributed by atoms with Gasteiger partial charge in [0, 0.05) is 25.5 Å². The van der Waals surface area contributed by atoms with Gasteiger partial charge in [0.25, 0.3) is 0 Å². The van der Waals surface area contributed by atoms with Crippen LogP contribution in [0.2, 0.25) is 0 Å². The third-order valence-electron chi connectivity index (χ3n) is 9.33. The number of nitro groups is 1. The van der Waals surface area contributed by atoms with E-state index in [4.69, 9.17) is 23.7 Å². The molecule has 5 rings (SSSR count). The number of nitrogens with one attached hydrogen (secondary N) is 6. The Morgan fingerprint density at radius 2 is 1.49 bits per heavy atom. The van der Waals surface area contributed by atoms with E-state index >= 15 is 0 Å². The molecule has 0 saturated heterocycles. The first kappa shape index (κ1) is 52.2. The Hall–Kier alpha value is -7.45. The SMILES string of the molecule is COc1c(OC(=O)CNC(=O)OC(C)(C)C)cc2cc1Oc1ccc(cc1[N+](=O)[O-])C[C@@H](NC(=O)[C@@H](CC(C)C)NC(=O)CNC(=O)OC(C)(C)C)C(=O)N[C@@H](Cc1ccccc1)C(=O)NC2. The molecule has 21 heteroatoms. The lowest BCUT2D eigenvalue weighted by Gasteiger charge is -2.26. The van der Waals surface area contributed by atoms with Gasteiger partial charge in [-0.15, -0.1) is 0 Å². The molecule has 6 N–H and O–H groups in total. The maximum absolute atomic E-state index is 14.4. The van der Waals surface area contributed by atoms with Gasteiger partial charge in [-0.25, -0.2) is 14.4 Å². The highest BCUT2D eigenvalue weighted by Gasteiger charge is 2.32. The zero-order chi connectivity index (χ0) is 49.6. The summed E-state index contributed by atoms with van der Waals surface area (Å²) in [6, 6.07) is 11.5. The summed E-state index contributed by atoms with van der Waals surface area (Å²) in [7, 11) is 1.24. The molecular formula is C46H59N7O14. The fourth-order valence-electron chi connectivity index (χ4n) is 6.52. The molecule has 4 bridgehead atoms. The fourth-order valence-corrected chi connectivity index (χ4v) is 6.52. The van der Waals surface area contributed by atoms with Crippen molar-refractivity contribution in [1.29, 1.82) is 0 Å². The van der Waals surface area contributed by atoms with Gasteiger partial charge in [-0.1, -0.05) is 50.2 Å². The molecular weight excluding hydrogens is 875 g/mol. The third-order valence-corrected chi connectivity index (χ3v) is 9.33. The summed E-state index contributed by atoms with van der Waals surface area (Å²) in [5, 5.41) is 28.0. The zero-order valence-corrected chi connectivity index (χ0v) is 39.0. The molecule has 21 nitrogen and oxygen atoms in total. The van der Waals surface area contributed by atoms with Gasteiger partial charge in [-0.3, -0.25) is 29.3 Å². The number of nitro benzene ring substituents is 1. The highest BCUT2D eigenvalue weighted by atomic mass is 16.6. The van der Waals surface area contributed by atoms with Crippen LogP contribution < -0.4 is 46.1 Å². The Morgan fingerprint density at radius 3 is 2.09 bits per heavy atom. The van der Waals surface area contributed by atoms with Crippen LogP contribution in [0.1, 0.15) is 78.5 Å². The average molecular weight is 934 g/mol. The average Bonchev–Trinajstić information content (AvgIpc) is 3.22. The van der Waals surface area contributed by atoms with Crippen LogP contribution in [0.15, 0.2) is 60.7 Å². The second-order valence-electron chi connectivity index (χ2n) is 18.0. The quantitative estimate of drug-likeness (QED) is 0.0570. The van der Waals surface area contributed by atoms with Crippen molar-refractivity contribution in [2.75, 3.05) is 20.2 Å². The molecule has 0 unspecified atom stereocenters. The van der Waals surface area contributed by atoms with Crippen LogP contribution in [-0.4, -0.2) is 96.2 Å². The summed E-state index contributed by atoms with van der Waals surface area (Å²) in [6.45, 7) is 12.1. The van der Waals surface area contributed by atoms with Crippen LogP contribution >= 0.6 is 0 Å². The number of carbonyl (C=O) groups is 7. The lowest BCUT2D eigenvalue weighted by Crippen LogP contribution is -2.58. The summed E-state index contributed by atoms with van der Waals surface area (Å²) in [5.41, 5.74) is -1.11. The largest absolute Gasteiger partial charge is 0.490 e. The van der Waals surface area contributed by atoms with E-state index in [1.165, 1.54) is 31.4 Å². The van der Waals surface area contributed by atoms with Crippen LogP contribution in [-0.2, 0) is 52.8 Å². The highest BCUT2D eigenvalue weighted by Crippen LogP contribution is 2.43. The predicted molar refractivity (Wildman–Crippen MR) is 241 cm³/mol. The van der Waals surface area contributed by atoms with Gasteiger partial charge in [0.1, 0.15) is 42.4 Å². The number of esters is 1. The number of hydrogen-bond acceptors (Lipinski definition) is 14. The van der Waals surface area contributed by atoms with Crippen LogP contribution in [0.4, 0.5) is 15.3 Å². The number of rotatable bonds is 14. The normalized spacial score (nSPS) is 15.7. The molecule has 2 aliphatic rings. The van der Waals surface area contributed by atoms with Crippen molar-refractivity contribution in [3.05, 3.63) is 87.5 Å². The predicted octanol–water partition coefficient (Wildman–Crippen LogP) is 4.27. The first-order valence-electron chi connectivity index (χ1n) is 21.4. The van der Waals surface area contributed by atoms with Crippen molar-refractivity contribution < 1.29 is 62.2 Å². The standard InChI is InChI=1S/C46H59N7O14/c1-26(2)17-30(50-37(54)24-48-43(59)66-45(3,4)5)41(57)52-32-19-28-15-16-34(33(20-28)53(61)62)64-35-21-29(23-47-40(56)31(51-42(32)58)18-27-13-11-10-12-14-27)22-36(39(35)63-9)65-38(55)25-49-44(60)67-46(6,7)8/h10-16,20-22,26,30-32H,17-19,23-25H2,1-9H3,(H,47,56)(H,48,59)(H,49,60)(H,50,54)(H,51,58)(H,52,57)/t30-,31+,32-/m1/s1. The maximum atomic E-state index is 14.4. The van der Waals surface area contributed by atoms with Gasteiger partial charge in [0.15, 0.2) is 11.5 Å². The monoisotopic (exact) mass is 933 g/mol. The van der Waals surface area contributed by atoms with Gasteiger partial charge in [-0.2, -0.15) is 0 Å². The zero-order valence-electron chi connectivity index (χ0n) is 39.0. The summed E-state index contributed by atoms with van der Waals surface area (Å²) >= 11 is 0. The van der Waals surface area contributed by atoms with Crippen molar-refractivity contribution in [2.45, 2.75) is 111 Å². The summed E-state index contributed by atoms with van der Waals surface area (Å²) in [5.74, 6) is -4.92. The molecule has 3 aromatic carbocycles. The lowest BCUT2D eigenvalue weighted by atomic mass is 9.99. The number of alkyl carbamates (subject to hydrolysis) is 2. The summed E-state index contributed by atoms with van der Waals surface area (Å²) < 4.78 is 27.6. The van der Waals surface area contributed by atoms with Crippen molar-refractivity contribution in [3.63, 3.8) is 0 Å². The molecule has 362 valence electrons. The van der Waals surface area contributed by atoms with Crippen molar-refractivity contribution in [1.82, 2.24) is 31.9 Å². The summed E-state index contributed by atoms with van der Waals surface area (Å²) in [4.78, 5) is 105. The van der Waals surface area contributed by atoms with Crippen molar-refractivity contribution in [2.24, 2.45) is 5.92 Å². The van der Waals surface area contributed by atoms with E-state index in [0.29, 0.717) is 5.56 Å². The number of fused-ring (bicyclic) bond motifs is 9. The molecule has 2 aliphatic heterocycles. The summed E-state index contributed by atoms with van der Waals surface area (Å²) in [6.07, 6.45) is -1.96. The number of amides is 6. The van der Waals surface area contributed by atoms with E-state index in [1.54, 1.807) is 71.9 Å². The number of hydrogen-bond donors (Lipinski definition) is 6. The Bertz CT molecular complexity index is 2310. The van der Waals surface area contributed by atoms with Crippen molar-refractivity contribution in [3.8, 4) is 23.0 Å². The van der Waals surface area contributed by atoms with Crippen LogP contribution in [0.25, 0.3) is 0 Å². The van der Waals surface area contributed by atoms with Crippen LogP contribution in [0.5, 0.6) is 23.0 Å². The smallest absolute Gasteiger partial charge is 0.408 e. The molecule has 3 atom stereocenters. The Kier molecular flexibility index (Phi) is 18.0. The van der Waals surface area contributed by atoms with E-state index < -0.39 is 94.8 Å². The molecule has 0 aromatic heterocycles. The van der Waals surface area contributed by atoms with E-state index in [-0.39, 0.29) is 65.9 Å². The minimum atomic E-state index is -1.46. The Balaban J connectivity index is 1.74. The minimum absolute atomic E-state index is 0.0135. The van der Waals surface area contributed by atoms with E-state index in [2.05, 4.69) is 31.9 Å². The molecule has 0 aliphatic carbocycles. The minimum Gasteiger partial charge on any atom is -0.490 e. The molecule has 0 radical (unpaired) electrons. The number of methoxy groups -OCH3 is 1. The van der Waals surface area contributed by atoms with Gasteiger partial charge < -0.3 is 55.6 Å². The molecule has 6 amide bonds. The Morgan fingerprint density at radius 1 is 0.851 bits per heavy atom. The molecule has 3 aromatic rings. The fraction of sp³-hybridized carbons (Fsp3) is 0.457. The van der Waals surface area contributed by atoms with Crippen molar-refractivity contribution >= 4 is 47.5 Å². The second-order valence-corrected chi connectivity index (χ2v) is 18.0. The lowest BCUT2D eigenvalue weighted by molar-refractivity contribution is -0.385.